The first-order valence-electron chi connectivity index (χ1n) is 4.22. The van der Waals surface area contributed by atoms with E-state index in [4.69, 9.17) is 10.5 Å². The predicted molar refractivity (Wildman–Crippen MR) is 57.5 cm³/mol. The number of hydrogen-bond donors (Lipinski definition) is 1. The van der Waals surface area contributed by atoms with Crippen molar-refractivity contribution in [3.05, 3.63) is 23.8 Å². The molecule has 3 heteroatoms. The summed E-state index contributed by atoms with van der Waals surface area (Å²) in [5.41, 5.74) is 6.82. The highest BCUT2D eigenvalue weighted by Gasteiger charge is 2.02. The molecule has 0 aliphatic rings. The molecule has 0 spiro atoms. The van der Waals surface area contributed by atoms with Crippen molar-refractivity contribution in [1.29, 1.82) is 0 Å². The van der Waals surface area contributed by atoms with Crippen molar-refractivity contribution in [2.45, 2.75) is 11.3 Å². The molecule has 0 aromatic heterocycles. The molecule has 0 atom stereocenters. The van der Waals surface area contributed by atoms with E-state index >= 15 is 0 Å². The topological polar surface area (TPSA) is 35.2 Å². The van der Waals surface area contributed by atoms with E-state index in [9.17, 15) is 0 Å². The average Bonchev–Trinajstić information content (AvgIpc) is 2.19. The maximum absolute atomic E-state index is 5.51. The van der Waals surface area contributed by atoms with E-state index in [0.29, 0.717) is 6.54 Å². The monoisotopic (exact) mass is 197 g/mol. The molecule has 72 valence electrons. The Labute approximate surface area is 83.5 Å². The SMILES string of the molecule is COc1ccc(CCN)c(SC)c1. The van der Waals surface area contributed by atoms with Gasteiger partial charge in [0.15, 0.2) is 0 Å². The molecule has 0 saturated heterocycles. The lowest BCUT2D eigenvalue weighted by Crippen LogP contribution is -2.03. The molecule has 0 unspecified atom stereocenters. The Hall–Kier alpha value is -0.670. The zero-order valence-corrected chi connectivity index (χ0v) is 8.86. The van der Waals surface area contributed by atoms with Crippen molar-refractivity contribution in [2.24, 2.45) is 5.73 Å². The minimum atomic E-state index is 0.694. The molecule has 0 amide bonds. The maximum Gasteiger partial charge on any atom is 0.119 e. The van der Waals surface area contributed by atoms with E-state index in [1.54, 1.807) is 18.9 Å². The average molecular weight is 197 g/mol. The quantitative estimate of drug-likeness (QED) is 0.749. The molecule has 2 N–H and O–H groups in total. The number of methoxy groups -OCH3 is 1. The smallest absolute Gasteiger partial charge is 0.119 e. The van der Waals surface area contributed by atoms with E-state index in [1.165, 1.54) is 10.5 Å². The lowest BCUT2D eigenvalue weighted by Gasteiger charge is -2.08. The number of rotatable bonds is 4. The zero-order chi connectivity index (χ0) is 9.68. The fourth-order valence-electron chi connectivity index (χ4n) is 1.21. The molecule has 0 heterocycles. The summed E-state index contributed by atoms with van der Waals surface area (Å²) in [4.78, 5) is 1.25. The molecule has 0 aliphatic heterocycles. The molecule has 1 aromatic rings. The normalized spacial score (nSPS) is 10.1. The van der Waals surface area contributed by atoms with Gasteiger partial charge in [-0.1, -0.05) is 6.07 Å². The number of thioether (sulfide) groups is 1. The van der Waals surface area contributed by atoms with Gasteiger partial charge in [0.2, 0.25) is 0 Å². The van der Waals surface area contributed by atoms with Crippen molar-refractivity contribution in [3.8, 4) is 5.75 Å². The van der Waals surface area contributed by atoms with Gasteiger partial charge in [0, 0.05) is 4.90 Å². The largest absolute Gasteiger partial charge is 0.497 e. The molecular formula is C10H15NOS. The van der Waals surface area contributed by atoms with Crippen LogP contribution in [0.1, 0.15) is 5.56 Å². The van der Waals surface area contributed by atoms with Gasteiger partial charge in [-0.15, -0.1) is 11.8 Å². The highest BCUT2D eigenvalue weighted by atomic mass is 32.2. The fourth-order valence-corrected chi connectivity index (χ4v) is 1.88. The highest BCUT2D eigenvalue weighted by molar-refractivity contribution is 7.98. The van der Waals surface area contributed by atoms with Crippen LogP contribution in [0.4, 0.5) is 0 Å². The summed E-state index contributed by atoms with van der Waals surface area (Å²) in [5.74, 6) is 0.908. The lowest BCUT2D eigenvalue weighted by atomic mass is 10.1. The summed E-state index contributed by atoms with van der Waals surface area (Å²) in [6.07, 6.45) is 2.99. The van der Waals surface area contributed by atoms with Crippen LogP contribution in [0, 0.1) is 0 Å². The highest BCUT2D eigenvalue weighted by Crippen LogP contribution is 2.25. The van der Waals surface area contributed by atoms with Gasteiger partial charge in [0.25, 0.3) is 0 Å². The summed E-state index contributed by atoms with van der Waals surface area (Å²) < 4.78 is 5.15. The summed E-state index contributed by atoms with van der Waals surface area (Å²) in [6, 6.07) is 6.11. The zero-order valence-electron chi connectivity index (χ0n) is 8.04. The minimum Gasteiger partial charge on any atom is -0.497 e. The van der Waals surface area contributed by atoms with Crippen molar-refractivity contribution in [2.75, 3.05) is 19.9 Å². The van der Waals surface area contributed by atoms with Crippen LogP contribution in [0.25, 0.3) is 0 Å². The third-order valence-electron chi connectivity index (χ3n) is 1.91. The van der Waals surface area contributed by atoms with Crippen molar-refractivity contribution >= 4 is 11.8 Å². The van der Waals surface area contributed by atoms with Crippen molar-refractivity contribution < 1.29 is 4.74 Å². The Morgan fingerprint density at radius 3 is 2.77 bits per heavy atom. The van der Waals surface area contributed by atoms with Gasteiger partial charge < -0.3 is 10.5 Å². The van der Waals surface area contributed by atoms with E-state index in [2.05, 4.69) is 18.4 Å². The standard InChI is InChI=1S/C10H15NOS/c1-12-9-4-3-8(5-6-11)10(7-9)13-2/h3-4,7H,5-6,11H2,1-2H3. The van der Waals surface area contributed by atoms with E-state index in [0.717, 1.165) is 12.2 Å². The molecule has 0 bridgehead atoms. The second kappa shape index (κ2) is 5.14. The Morgan fingerprint density at radius 1 is 1.46 bits per heavy atom. The maximum atomic E-state index is 5.51. The first kappa shape index (κ1) is 10.4. The van der Waals surface area contributed by atoms with E-state index in [-0.39, 0.29) is 0 Å². The minimum absolute atomic E-state index is 0.694. The number of benzene rings is 1. The molecule has 13 heavy (non-hydrogen) atoms. The van der Waals surface area contributed by atoms with Crippen LogP contribution in [0.5, 0.6) is 5.75 Å². The molecule has 0 fully saturated rings. The van der Waals surface area contributed by atoms with Crippen LogP contribution in [-0.4, -0.2) is 19.9 Å². The van der Waals surface area contributed by atoms with Gasteiger partial charge in [-0.25, -0.2) is 0 Å². The number of ether oxygens (including phenoxy) is 1. The van der Waals surface area contributed by atoms with Gasteiger partial charge in [-0.05, 0) is 36.9 Å². The van der Waals surface area contributed by atoms with E-state index in [1.807, 2.05) is 6.07 Å². The first-order valence-corrected chi connectivity index (χ1v) is 5.45. The second-order valence-electron chi connectivity index (χ2n) is 2.72. The molecular weight excluding hydrogens is 182 g/mol. The van der Waals surface area contributed by atoms with Gasteiger partial charge in [-0.2, -0.15) is 0 Å². The van der Waals surface area contributed by atoms with Crippen LogP contribution in [0.2, 0.25) is 0 Å². The van der Waals surface area contributed by atoms with Crippen LogP contribution in [-0.2, 0) is 6.42 Å². The molecule has 1 rings (SSSR count). The van der Waals surface area contributed by atoms with Gasteiger partial charge in [0.1, 0.15) is 5.75 Å². The van der Waals surface area contributed by atoms with Crippen molar-refractivity contribution in [3.63, 3.8) is 0 Å². The fraction of sp³-hybridized carbons (Fsp3) is 0.400. The van der Waals surface area contributed by atoms with Gasteiger partial charge in [-0.3, -0.25) is 0 Å². The molecule has 0 saturated carbocycles. The Kier molecular flexibility index (Phi) is 4.12. The Bertz CT molecular complexity index is 276. The van der Waals surface area contributed by atoms with E-state index < -0.39 is 0 Å². The molecule has 0 aliphatic carbocycles. The summed E-state index contributed by atoms with van der Waals surface area (Å²) in [5, 5.41) is 0. The third kappa shape index (κ3) is 2.64. The predicted octanol–water partition coefficient (Wildman–Crippen LogP) is 1.92. The summed E-state index contributed by atoms with van der Waals surface area (Å²) in [7, 11) is 1.68. The summed E-state index contributed by atoms with van der Waals surface area (Å²) >= 11 is 1.73. The third-order valence-corrected chi connectivity index (χ3v) is 2.73. The molecule has 0 radical (unpaired) electrons. The first-order chi connectivity index (χ1) is 6.31. The summed E-state index contributed by atoms with van der Waals surface area (Å²) in [6.45, 7) is 0.694. The Balaban J connectivity index is 2.93. The van der Waals surface area contributed by atoms with Gasteiger partial charge in [0.05, 0.1) is 7.11 Å². The van der Waals surface area contributed by atoms with Crippen LogP contribution in [0.15, 0.2) is 23.1 Å². The lowest BCUT2D eigenvalue weighted by molar-refractivity contribution is 0.413. The second-order valence-corrected chi connectivity index (χ2v) is 3.56. The number of nitrogens with two attached hydrogens (primary N) is 1. The number of hydrogen-bond acceptors (Lipinski definition) is 3. The van der Waals surface area contributed by atoms with Crippen LogP contribution in [0.3, 0.4) is 0 Å². The molecule has 1 aromatic carbocycles. The van der Waals surface area contributed by atoms with Crippen LogP contribution >= 0.6 is 11.8 Å². The van der Waals surface area contributed by atoms with Gasteiger partial charge >= 0.3 is 0 Å². The van der Waals surface area contributed by atoms with Crippen molar-refractivity contribution in [1.82, 2.24) is 0 Å². The van der Waals surface area contributed by atoms with Crippen LogP contribution < -0.4 is 10.5 Å². The molecule has 2 nitrogen and oxygen atoms in total. The Morgan fingerprint density at radius 2 is 2.23 bits per heavy atom.